The van der Waals surface area contributed by atoms with Crippen LogP contribution in [0.5, 0.6) is 0 Å². The van der Waals surface area contributed by atoms with Gasteiger partial charge in [-0.1, -0.05) is 23.8 Å². The lowest BCUT2D eigenvalue weighted by atomic mass is 10.1. The molecular formula is C16H23N3S. The molecule has 1 unspecified atom stereocenters. The zero-order valence-electron chi connectivity index (χ0n) is 12.3. The topological polar surface area (TPSA) is 18.5 Å². The number of nitrogens with one attached hydrogen (secondary N) is 1. The molecule has 1 atom stereocenters. The van der Waals surface area contributed by atoms with E-state index in [1.165, 1.54) is 11.3 Å². The van der Waals surface area contributed by atoms with Gasteiger partial charge in [-0.2, -0.15) is 0 Å². The van der Waals surface area contributed by atoms with Gasteiger partial charge in [0.1, 0.15) is 0 Å². The number of anilines is 1. The van der Waals surface area contributed by atoms with E-state index in [1.54, 1.807) is 0 Å². The maximum absolute atomic E-state index is 5.41. The number of thiocarbonyl (C=S) groups is 1. The molecule has 1 aromatic rings. The highest BCUT2D eigenvalue weighted by molar-refractivity contribution is 7.80. The van der Waals surface area contributed by atoms with Crippen molar-refractivity contribution in [3.05, 3.63) is 42.5 Å². The van der Waals surface area contributed by atoms with E-state index in [-0.39, 0.29) is 0 Å². The van der Waals surface area contributed by atoms with Crippen LogP contribution in [0.2, 0.25) is 0 Å². The van der Waals surface area contributed by atoms with Crippen LogP contribution in [0.3, 0.4) is 0 Å². The lowest BCUT2D eigenvalue weighted by molar-refractivity contribution is 0.335. The van der Waals surface area contributed by atoms with Crippen molar-refractivity contribution in [2.24, 2.45) is 0 Å². The minimum atomic E-state index is 0.454. The lowest BCUT2D eigenvalue weighted by Crippen LogP contribution is -2.55. The van der Waals surface area contributed by atoms with Gasteiger partial charge in [0.25, 0.3) is 0 Å². The second-order valence-corrected chi connectivity index (χ2v) is 5.69. The highest BCUT2D eigenvalue weighted by atomic mass is 32.1. The number of hydrogen-bond donors (Lipinski definition) is 1. The molecule has 1 heterocycles. The van der Waals surface area contributed by atoms with E-state index in [4.69, 9.17) is 12.2 Å². The van der Waals surface area contributed by atoms with Gasteiger partial charge in [0.05, 0.1) is 0 Å². The fourth-order valence-corrected chi connectivity index (χ4v) is 2.78. The van der Waals surface area contributed by atoms with Crippen LogP contribution in [0.25, 0.3) is 0 Å². The Morgan fingerprint density at radius 2 is 2.10 bits per heavy atom. The van der Waals surface area contributed by atoms with Gasteiger partial charge in [-0.15, -0.1) is 6.58 Å². The third kappa shape index (κ3) is 3.51. The molecule has 1 aliphatic heterocycles. The van der Waals surface area contributed by atoms with Gasteiger partial charge in [0.2, 0.25) is 0 Å². The van der Waals surface area contributed by atoms with Crippen molar-refractivity contribution in [1.82, 2.24) is 10.2 Å². The van der Waals surface area contributed by atoms with Crippen molar-refractivity contribution in [1.29, 1.82) is 0 Å². The number of hydrogen-bond acceptors (Lipinski definition) is 2. The van der Waals surface area contributed by atoms with Gasteiger partial charge in [-0.25, -0.2) is 0 Å². The minimum absolute atomic E-state index is 0.454. The molecular weight excluding hydrogens is 266 g/mol. The average Bonchev–Trinajstić information content (AvgIpc) is 2.46. The zero-order valence-corrected chi connectivity index (χ0v) is 13.1. The quantitative estimate of drug-likeness (QED) is 0.680. The molecule has 20 heavy (non-hydrogen) atoms. The van der Waals surface area contributed by atoms with Crippen molar-refractivity contribution in [3.8, 4) is 0 Å². The number of aryl methyl sites for hydroxylation is 1. The third-order valence-corrected chi connectivity index (χ3v) is 4.08. The molecule has 1 aliphatic rings. The van der Waals surface area contributed by atoms with Crippen molar-refractivity contribution >= 4 is 23.0 Å². The van der Waals surface area contributed by atoms with Crippen molar-refractivity contribution in [2.45, 2.75) is 19.9 Å². The first-order chi connectivity index (χ1) is 9.61. The summed E-state index contributed by atoms with van der Waals surface area (Å²) in [5.41, 5.74) is 2.60. The Balaban J connectivity index is 1.97. The molecule has 2 rings (SSSR count). The van der Waals surface area contributed by atoms with E-state index in [0.29, 0.717) is 6.04 Å². The van der Waals surface area contributed by atoms with Gasteiger partial charge >= 0.3 is 0 Å². The maximum Gasteiger partial charge on any atom is 0.169 e. The van der Waals surface area contributed by atoms with Gasteiger partial charge in [-0.05, 0) is 38.2 Å². The summed E-state index contributed by atoms with van der Waals surface area (Å²) in [6.45, 7) is 11.7. The van der Waals surface area contributed by atoms with Gasteiger partial charge in [0, 0.05) is 37.9 Å². The summed E-state index contributed by atoms with van der Waals surface area (Å²) in [4.78, 5) is 4.69. The van der Waals surface area contributed by atoms with E-state index in [1.807, 2.05) is 6.08 Å². The first-order valence-electron chi connectivity index (χ1n) is 7.09. The summed E-state index contributed by atoms with van der Waals surface area (Å²) >= 11 is 5.41. The lowest BCUT2D eigenvalue weighted by Gasteiger charge is -2.42. The summed E-state index contributed by atoms with van der Waals surface area (Å²) in [6.07, 6.45) is 1.83. The second kappa shape index (κ2) is 6.75. The van der Waals surface area contributed by atoms with Crippen LogP contribution < -0.4 is 10.2 Å². The molecule has 108 valence electrons. The highest BCUT2D eigenvalue weighted by Crippen LogP contribution is 2.21. The average molecular weight is 289 g/mol. The van der Waals surface area contributed by atoms with Crippen molar-refractivity contribution in [2.75, 3.05) is 31.1 Å². The molecule has 0 bridgehead atoms. The van der Waals surface area contributed by atoms with Crippen LogP contribution in [0.4, 0.5) is 5.69 Å². The van der Waals surface area contributed by atoms with Crippen molar-refractivity contribution < 1.29 is 0 Å². The number of piperazine rings is 1. The van der Waals surface area contributed by atoms with Gasteiger partial charge in [0.15, 0.2) is 5.11 Å². The normalized spacial score (nSPS) is 18.8. The Morgan fingerprint density at radius 3 is 2.70 bits per heavy atom. The molecule has 0 saturated carbocycles. The van der Waals surface area contributed by atoms with Crippen LogP contribution in [0.1, 0.15) is 12.5 Å². The Morgan fingerprint density at radius 1 is 1.40 bits per heavy atom. The smallest absolute Gasteiger partial charge is 0.169 e. The Hall–Kier alpha value is -1.55. The Kier molecular flexibility index (Phi) is 5.01. The molecule has 1 N–H and O–H groups in total. The van der Waals surface area contributed by atoms with E-state index in [9.17, 15) is 0 Å². The minimum Gasteiger partial charge on any atom is -0.365 e. The molecule has 3 nitrogen and oxygen atoms in total. The SMILES string of the molecule is C=CCNC(=S)N1CCN(c2ccc(C)cc2)C(C)C1. The largest absolute Gasteiger partial charge is 0.365 e. The Labute approximate surface area is 127 Å². The first-order valence-corrected chi connectivity index (χ1v) is 7.49. The van der Waals surface area contributed by atoms with Crippen LogP contribution >= 0.6 is 12.2 Å². The molecule has 4 heteroatoms. The summed E-state index contributed by atoms with van der Waals surface area (Å²) in [5.74, 6) is 0. The van der Waals surface area contributed by atoms with Crippen LogP contribution in [0.15, 0.2) is 36.9 Å². The third-order valence-electron chi connectivity index (χ3n) is 3.68. The van der Waals surface area contributed by atoms with Crippen LogP contribution in [-0.4, -0.2) is 42.2 Å². The number of rotatable bonds is 3. The molecule has 0 radical (unpaired) electrons. The number of nitrogens with zero attached hydrogens (tertiary/aromatic N) is 2. The first kappa shape index (κ1) is 14.9. The van der Waals surface area contributed by atoms with Gasteiger partial charge < -0.3 is 15.1 Å². The molecule has 1 fully saturated rings. The fraction of sp³-hybridized carbons (Fsp3) is 0.438. The van der Waals surface area contributed by atoms with Crippen LogP contribution in [0, 0.1) is 6.92 Å². The summed E-state index contributed by atoms with van der Waals surface area (Å²) in [7, 11) is 0. The van der Waals surface area contributed by atoms with E-state index in [2.05, 4.69) is 59.8 Å². The van der Waals surface area contributed by atoms with E-state index < -0.39 is 0 Å². The standard InChI is InChI=1S/C16H23N3S/c1-4-9-17-16(20)18-10-11-19(14(3)12-18)15-7-5-13(2)6-8-15/h4-8,14H,1,9-12H2,2-3H3,(H,17,20). The van der Waals surface area contributed by atoms with Crippen LogP contribution in [-0.2, 0) is 0 Å². The fourth-order valence-electron chi connectivity index (χ4n) is 2.53. The molecule has 0 amide bonds. The summed E-state index contributed by atoms with van der Waals surface area (Å²) in [6, 6.07) is 9.20. The Bertz CT molecular complexity index is 469. The zero-order chi connectivity index (χ0) is 14.5. The maximum atomic E-state index is 5.41. The van der Waals surface area contributed by atoms with Gasteiger partial charge in [-0.3, -0.25) is 0 Å². The molecule has 1 saturated heterocycles. The highest BCUT2D eigenvalue weighted by Gasteiger charge is 2.24. The number of benzene rings is 1. The second-order valence-electron chi connectivity index (χ2n) is 5.30. The summed E-state index contributed by atoms with van der Waals surface area (Å²) in [5, 5.41) is 4.04. The predicted octanol–water partition coefficient (Wildman–Crippen LogP) is 2.57. The predicted molar refractivity (Wildman–Crippen MR) is 90.4 cm³/mol. The monoisotopic (exact) mass is 289 g/mol. The molecule has 0 aliphatic carbocycles. The molecule has 0 spiro atoms. The molecule has 0 aromatic heterocycles. The van der Waals surface area contributed by atoms with Crippen molar-refractivity contribution in [3.63, 3.8) is 0 Å². The van der Waals surface area contributed by atoms with E-state index in [0.717, 1.165) is 31.3 Å². The van der Waals surface area contributed by atoms with E-state index >= 15 is 0 Å². The summed E-state index contributed by atoms with van der Waals surface area (Å²) < 4.78 is 0. The molecule has 1 aromatic carbocycles.